The van der Waals surface area contributed by atoms with E-state index in [9.17, 15) is 15.7 Å². The number of hydrogen-bond donors (Lipinski definition) is 2. The Balaban J connectivity index is 1.98. The van der Waals surface area contributed by atoms with E-state index in [0.29, 0.717) is 22.0 Å². The number of pyridine rings is 2. The predicted octanol–water partition coefficient (Wildman–Crippen LogP) is 2.21. The summed E-state index contributed by atoms with van der Waals surface area (Å²) in [5.74, 6) is 0.674. The number of rotatable bonds is 4. The summed E-state index contributed by atoms with van der Waals surface area (Å²) in [6.45, 7) is 1.61. The second-order valence-electron chi connectivity index (χ2n) is 6.05. The second kappa shape index (κ2) is 7.94. The van der Waals surface area contributed by atoms with Crippen molar-refractivity contribution in [2.75, 3.05) is 23.7 Å². The molecule has 26 heavy (non-hydrogen) atoms. The van der Waals surface area contributed by atoms with Gasteiger partial charge in [-0.2, -0.15) is 10.5 Å². The number of nitrogens with zero attached hydrogens (tertiary/aromatic N) is 5. The van der Waals surface area contributed by atoms with Gasteiger partial charge in [0.25, 0.3) is 0 Å². The van der Waals surface area contributed by atoms with Crippen LogP contribution in [0.25, 0.3) is 0 Å². The van der Waals surface area contributed by atoms with Gasteiger partial charge in [0.2, 0.25) is 12.4 Å². The third-order valence-corrected chi connectivity index (χ3v) is 5.33. The molecule has 3 heterocycles. The Morgan fingerprint density at radius 3 is 2.62 bits per heavy atom. The van der Waals surface area contributed by atoms with Crippen molar-refractivity contribution in [2.45, 2.75) is 30.0 Å². The number of piperidine rings is 1. The van der Waals surface area contributed by atoms with Gasteiger partial charge in [-0.05, 0) is 25.3 Å². The molecule has 132 valence electrons. The molecule has 8 heteroatoms. The van der Waals surface area contributed by atoms with Gasteiger partial charge in [0.05, 0.1) is 5.69 Å². The van der Waals surface area contributed by atoms with Gasteiger partial charge in [0, 0.05) is 35.2 Å². The van der Waals surface area contributed by atoms with Crippen molar-refractivity contribution in [3.63, 3.8) is 0 Å². The number of nitrogen functional groups attached to an aromatic ring is 1. The quantitative estimate of drug-likeness (QED) is 0.484. The standard InChI is InChI=1S/C18H19N6OS/c19-9-14-16(23-6-2-1-3-7-23)15(10-20)18(22-17(14)21)26-12-13-5-4-8-24(25)11-13/h4-5,8,11,25H,1-3,6-7,12H2,(H2,21,22)/q+1. The van der Waals surface area contributed by atoms with Gasteiger partial charge >= 0.3 is 0 Å². The van der Waals surface area contributed by atoms with Gasteiger partial charge in [-0.15, -0.1) is 0 Å². The highest BCUT2D eigenvalue weighted by Crippen LogP contribution is 2.36. The van der Waals surface area contributed by atoms with Gasteiger partial charge < -0.3 is 10.6 Å². The number of nitrogens with two attached hydrogens (primary N) is 1. The van der Waals surface area contributed by atoms with Gasteiger partial charge in [0.15, 0.2) is 0 Å². The van der Waals surface area contributed by atoms with E-state index in [4.69, 9.17) is 5.73 Å². The maximum atomic E-state index is 9.76. The summed E-state index contributed by atoms with van der Waals surface area (Å²) >= 11 is 1.37. The number of hydrogen-bond acceptors (Lipinski definition) is 7. The summed E-state index contributed by atoms with van der Waals surface area (Å²) in [5.41, 5.74) is 8.19. The first-order chi connectivity index (χ1) is 12.6. The highest BCUT2D eigenvalue weighted by Gasteiger charge is 2.24. The molecule has 0 aliphatic carbocycles. The molecule has 0 radical (unpaired) electrons. The van der Waals surface area contributed by atoms with E-state index < -0.39 is 0 Å². The summed E-state index contributed by atoms with van der Waals surface area (Å²) in [6.07, 6.45) is 6.33. The van der Waals surface area contributed by atoms with Crippen LogP contribution in [0.5, 0.6) is 0 Å². The van der Waals surface area contributed by atoms with Crippen LogP contribution in [-0.4, -0.2) is 23.3 Å². The molecule has 3 N–H and O–H groups in total. The van der Waals surface area contributed by atoms with Crippen molar-refractivity contribution < 1.29 is 9.94 Å². The van der Waals surface area contributed by atoms with E-state index in [1.165, 1.54) is 18.0 Å². The molecule has 3 rings (SSSR count). The number of nitriles is 2. The Hall–Kier alpha value is -2.97. The van der Waals surface area contributed by atoms with Crippen molar-refractivity contribution in [3.05, 3.63) is 41.2 Å². The molecule has 1 fully saturated rings. The highest BCUT2D eigenvalue weighted by molar-refractivity contribution is 7.98. The van der Waals surface area contributed by atoms with E-state index in [1.54, 1.807) is 12.3 Å². The Labute approximate surface area is 156 Å². The predicted molar refractivity (Wildman–Crippen MR) is 97.5 cm³/mol. The Bertz CT molecular complexity index is 896. The monoisotopic (exact) mass is 367 g/mol. The van der Waals surface area contributed by atoms with Gasteiger partial charge in [-0.3, -0.25) is 5.21 Å². The molecule has 7 nitrogen and oxygen atoms in total. The van der Waals surface area contributed by atoms with E-state index >= 15 is 0 Å². The average molecular weight is 367 g/mol. The van der Waals surface area contributed by atoms with Crippen molar-refractivity contribution in [3.8, 4) is 12.1 Å². The normalized spacial score (nSPS) is 13.8. The van der Waals surface area contributed by atoms with Gasteiger partial charge in [0.1, 0.15) is 34.1 Å². The van der Waals surface area contributed by atoms with Crippen molar-refractivity contribution in [1.29, 1.82) is 10.5 Å². The van der Waals surface area contributed by atoms with E-state index in [2.05, 4.69) is 22.0 Å². The van der Waals surface area contributed by atoms with Crippen LogP contribution in [0.15, 0.2) is 29.6 Å². The Morgan fingerprint density at radius 2 is 1.96 bits per heavy atom. The van der Waals surface area contributed by atoms with E-state index in [-0.39, 0.29) is 11.4 Å². The third kappa shape index (κ3) is 3.66. The molecule has 0 bridgehead atoms. The first kappa shape index (κ1) is 17.8. The fourth-order valence-corrected chi connectivity index (χ4v) is 3.99. The number of anilines is 2. The van der Waals surface area contributed by atoms with Gasteiger partial charge in [-0.25, -0.2) is 4.98 Å². The first-order valence-electron chi connectivity index (χ1n) is 8.35. The SMILES string of the molecule is N#Cc1c(N)nc(SCc2ccc[n+](O)c2)c(C#N)c1N1CCCCC1. The zero-order chi connectivity index (χ0) is 18.5. The molecule has 1 aliphatic rings. The zero-order valence-corrected chi connectivity index (χ0v) is 15.0. The summed E-state index contributed by atoms with van der Waals surface area (Å²) < 4.78 is 0.987. The summed E-state index contributed by atoms with van der Waals surface area (Å²) in [4.78, 5) is 6.38. The second-order valence-corrected chi connectivity index (χ2v) is 7.02. The molecular weight excluding hydrogens is 348 g/mol. The minimum absolute atomic E-state index is 0.153. The zero-order valence-electron chi connectivity index (χ0n) is 14.2. The van der Waals surface area contributed by atoms with E-state index in [0.717, 1.165) is 42.6 Å². The van der Waals surface area contributed by atoms with Crippen LogP contribution >= 0.6 is 11.8 Å². The summed E-state index contributed by atoms with van der Waals surface area (Å²) in [6, 6.07) is 7.96. The Kier molecular flexibility index (Phi) is 5.45. The van der Waals surface area contributed by atoms with Crippen LogP contribution in [0.3, 0.4) is 0 Å². The largest absolute Gasteiger partial charge is 0.382 e. The number of aromatic nitrogens is 2. The lowest BCUT2D eigenvalue weighted by Crippen LogP contribution is -2.31. The van der Waals surface area contributed by atoms with Gasteiger partial charge in [-0.1, -0.05) is 11.8 Å². The summed E-state index contributed by atoms with van der Waals surface area (Å²) in [5, 5.41) is 29.3. The third-order valence-electron chi connectivity index (χ3n) is 4.28. The summed E-state index contributed by atoms with van der Waals surface area (Å²) in [7, 11) is 0. The molecule has 0 saturated carbocycles. The Morgan fingerprint density at radius 1 is 1.23 bits per heavy atom. The molecule has 2 aromatic heterocycles. The van der Waals surface area contributed by atoms with Crippen LogP contribution in [0.1, 0.15) is 36.0 Å². The first-order valence-corrected chi connectivity index (χ1v) is 9.33. The van der Waals surface area contributed by atoms with Crippen LogP contribution in [0.2, 0.25) is 0 Å². The highest BCUT2D eigenvalue weighted by atomic mass is 32.2. The lowest BCUT2D eigenvalue weighted by Gasteiger charge is -2.30. The molecule has 0 spiro atoms. The van der Waals surface area contributed by atoms with Crippen molar-refractivity contribution in [1.82, 2.24) is 4.98 Å². The van der Waals surface area contributed by atoms with Crippen LogP contribution in [0, 0.1) is 22.7 Å². The molecule has 0 unspecified atom stereocenters. The topological polar surface area (TPSA) is 114 Å². The van der Waals surface area contributed by atoms with Crippen molar-refractivity contribution in [2.24, 2.45) is 0 Å². The molecule has 1 aliphatic heterocycles. The lowest BCUT2D eigenvalue weighted by atomic mass is 10.1. The fourth-order valence-electron chi connectivity index (χ4n) is 3.07. The molecular formula is C18H19N6OS+. The molecule has 2 aromatic rings. The smallest absolute Gasteiger partial charge is 0.226 e. The minimum Gasteiger partial charge on any atom is -0.382 e. The van der Waals surface area contributed by atoms with Crippen LogP contribution in [-0.2, 0) is 5.75 Å². The van der Waals surface area contributed by atoms with Crippen LogP contribution in [0.4, 0.5) is 11.5 Å². The molecule has 0 atom stereocenters. The lowest BCUT2D eigenvalue weighted by molar-refractivity contribution is -0.905. The minimum atomic E-state index is 0.153. The van der Waals surface area contributed by atoms with E-state index in [1.807, 2.05) is 6.07 Å². The molecule has 0 aromatic carbocycles. The maximum absolute atomic E-state index is 9.76. The molecule has 1 saturated heterocycles. The van der Waals surface area contributed by atoms with Crippen LogP contribution < -0.4 is 15.4 Å². The van der Waals surface area contributed by atoms with Crippen molar-refractivity contribution >= 4 is 23.3 Å². The fraction of sp³-hybridized carbons (Fsp3) is 0.333. The molecule has 0 amide bonds. The number of thioether (sulfide) groups is 1. The average Bonchev–Trinajstić information content (AvgIpc) is 2.66. The maximum Gasteiger partial charge on any atom is 0.226 e.